The fourth-order valence-corrected chi connectivity index (χ4v) is 3.18. The van der Waals surface area contributed by atoms with Crippen LogP contribution in [0.15, 0.2) is 52.1 Å². The maximum Gasteiger partial charge on any atom is 0.277 e. The maximum absolute atomic E-state index is 12.5. The zero-order chi connectivity index (χ0) is 19.4. The van der Waals surface area contributed by atoms with E-state index >= 15 is 0 Å². The number of amides is 1. The van der Waals surface area contributed by atoms with Crippen molar-refractivity contribution in [2.24, 2.45) is 0 Å². The van der Waals surface area contributed by atoms with E-state index in [1.54, 1.807) is 14.0 Å². The van der Waals surface area contributed by atoms with Crippen molar-refractivity contribution in [3.05, 3.63) is 53.6 Å². The molecule has 1 atom stereocenters. The number of benzene rings is 2. The number of para-hydroxylation sites is 1. The minimum Gasteiger partial charge on any atom is -0.496 e. The van der Waals surface area contributed by atoms with Gasteiger partial charge in [-0.1, -0.05) is 36.0 Å². The maximum atomic E-state index is 12.5. The highest BCUT2D eigenvalue weighted by atomic mass is 32.2. The molecule has 140 valence electrons. The number of hydrogen-bond acceptors (Lipinski definition) is 6. The van der Waals surface area contributed by atoms with E-state index in [4.69, 9.17) is 9.15 Å². The van der Waals surface area contributed by atoms with Crippen LogP contribution in [0, 0.1) is 13.8 Å². The highest BCUT2D eigenvalue weighted by Crippen LogP contribution is 2.31. The second-order valence-electron chi connectivity index (χ2n) is 6.14. The Morgan fingerprint density at radius 2 is 1.96 bits per heavy atom. The summed E-state index contributed by atoms with van der Waals surface area (Å²) in [6.07, 6.45) is 0. The van der Waals surface area contributed by atoms with Crippen LogP contribution in [-0.2, 0) is 4.79 Å². The van der Waals surface area contributed by atoms with Crippen LogP contribution in [0.5, 0.6) is 5.75 Å². The van der Waals surface area contributed by atoms with E-state index in [0.717, 1.165) is 16.8 Å². The first-order valence-corrected chi connectivity index (χ1v) is 9.37. The number of carbonyl (C=O) groups is 1. The van der Waals surface area contributed by atoms with Crippen molar-refractivity contribution in [1.82, 2.24) is 10.2 Å². The summed E-state index contributed by atoms with van der Waals surface area (Å²) in [4.78, 5) is 12.5. The van der Waals surface area contributed by atoms with Gasteiger partial charge in [0.05, 0.1) is 17.9 Å². The fourth-order valence-electron chi connectivity index (χ4n) is 2.50. The molecule has 0 fully saturated rings. The molecule has 0 aliphatic rings. The summed E-state index contributed by atoms with van der Waals surface area (Å²) in [7, 11) is 1.59. The Morgan fingerprint density at radius 3 is 2.74 bits per heavy atom. The van der Waals surface area contributed by atoms with Gasteiger partial charge in [0.25, 0.3) is 11.1 Å². The Hall–Kier alpha value is -2.80. The standard InChI is InChI=1S/C20H21N3O3S/c1-12-9-10-13(2)16(11-12)21-18(24)14(3)27-20-23-22-19(26-20)15-7-5-6-8-17(15)25-4/h5-11,14H,1-4H3,(H,21,24). The predicted molar refractivity (Wildman–Crippen MR) is 106 cm³/mol. The predicted octanol–water partition coefficient (Wildman–Crippen LogP) is 4.48. The molecule has 0 aliphatic heterocycles. The Kier molecular flexibility index (Phi) is 5.81. The van der Waals surface area contributed by atoms with Crippen LogP contribution < -0.4 is 10.1 Å². The van der Waals surface area contributed by atoms with Crippen molar-refractivity contribution >= 4 is 23.4 Å². The molecule has 0 radical (unpaired) electrons. The molecule has 1 N–H and O–H groups in total. The lowest BCUT2D eigenvalue weighted by atomic mass is 10.1. The largest absolute Gasteiger partial charge is 0.496 e. The molecule has 7 heteroatoms. The van der Waals surface area contributed by atoms with Crippen LogP contribution in [0.1, 0.15) is 18.1 Å². The molecular formula is C20H21N3O3S. The van der Waals surface area contributed by atoms with Gasteiger partial charge in [0.2, 0.25) is 5.91 Å². The lowest BCUT2D eigenvalue weighted by Crippen LogP contribution is -2.22. The SMILES string of the molecule is COc1ccccc1-c1nnc(SC(C)C(=O)Nc2cc(C)ccc2C)o1. The Bertz CT molecular complexity index is 955. The van der Waals surface area contributed by atoms with Gasteiger partial charge in [0, 0.05) is 5.69 Å². The minimum absolute atomic E-state index is 0.120. The lowest BCUT2D eigenvalue weighted by molar-refractivity contribution is -0.115. The smallest absolute Gasteiger partial charge is 0.277 e. The molecule has 3 aromatic rings. The average Bonchev–Trinajstić information content (AvgIpc) is 3.12. The van der Waals surface area contributed by atoms with Gasteiger partial charge < -0.3 is 14.5 Å². The number of anilines is 1. The fraction of sp³-hybridized carbons (Fsp3) is 0.250. The van der Waals surface area contributed by atoms with Crippen LogP contribution in [0.4, 0.5) is 5.69 Å². The van der Waals surface area contributed by atoms with E-state index in [0.29, 0.717) is 22.4 Å². The van der Waals surface area contributed by atoms with Gasteiger partial charge in [-0.25, -0.2) is 0 Å². The third kappa shape index (κ3) is 4.49. The summed E-state index contributed by atoms with van der Waals surface area (Å²) in [5, 5.41) is 11.0. The first-order chi connectivity index (χ1) is 13.0. The second kappa shape index (κ2) is 8.26. The van der Waals surface area contributed by atoms with Crippen LogP contribution in [-0.4, -0.2) is 28.5 Å². The number of nitrogens with zero attached hydrogens (tertiary/aromatic N) is 2. The molecular weight excluding hydrogens is 362 g/mol. The zero-order valence-corrected chi connectivity index (χ0v) is 16.5. The molecule has 0 saturated heterocycles. The van der Waals surface area contributed by atoms with Crippen LogP contribution in [0.2, 0.25) is 0 Å². The average molecular weight is 383 g/mol. The molecule has 1 unspecified atom stereocenters. The molecule has 0 aliphatic carbocycles. The van der Waals surface area contributed by atoms with E-state index in [9.17, 15) is 4.79 Å². The van der Waals surface area contributed by atoms with Crippen molar-refractivity contribution < 1.29 is 13.9 Å². The van der Waals surface area contributed by atoms with E-state index in [1.165, 1.54) is 11.8 Å². The minimum atomic E-state index is -0.393. The number of rotatable bonds is 6. The number of aryl methyl sites for hydroxylation is 2. The van der Waals surface area contributed by atoms with Crippen molar-refractivity contribution in [2.45, 2.75) is 31.2 Å². The molecule has 2 aromatic carbocycles. The first-order valence-electron chi connectivity index (χ1n) is 8.49. The van der Waals surface area contributed by atoms with Gasteiger partial charge in [0.15, 0.2) is 0 Å². The van der Waals surface area contributed by atoms with Crippen LogP contribution in [0.3, 0.4) is 0 Å². The number of nitrogens with one attached hydrogen (secondary N) is 1. The van der Waals surface area contributed by atoms with Gasteiger partial charge in [-0.2, -0.15) is 0 Å². The summed E-state index contributed by atoms with van der Waals surface area (Å²) >= 11 is 1.22. The molecule has 1 aromatic heterocycles. The highest BCUT2D eigenvalue weighted by molar-refractivity contribution is 8.00. The highest BCUT2D eigenvalue weighted by Gasteiger charge is 2.20. The molecule has 0 bridgehead atoms. The monoisotopic (exact) mass is 383 g/mol. The van der Waals surface area contributed by atoms with Gasteiger partial charge in [-0.15, -0.1) is 10.2 Å². The Balaban J connectivity index is 1.69. The van der Waals surface area contributed by atoms with Gasteiger partial charge >= 0.3 is 0 Å². The second-order valence-corrected chi connectivity index (χ2v) is 7.43. The van der Waals surface area contributed by atoms with Crippen molar-refractivity contribution in [3.63, 3.8) is 0 Å². The van der Waals surface area contributed by atoms with Crippen LogP contribution >= 0.6 is 11.8 Å². The molecule has 3 rings (SSSR count). The molecule has 1 heterocycles. The number of carbonyl (C=O) groups excluding carboxylic acids is 1. The Labute approximate surface area is 162 Å². The number of thioether (sulfide) groups is 1. The van der Waals surface area contributed by atoms with Crippen molar-refractivity contribution in [1.29, 1.82) is 0 Å². The number of aromatic nitrogens is 2. The molecule has 6 nitrogen and oxygen atoms in total. The van der Waals surface area contributed by atoms with Gasteiger partial charge in [-0.3, -0.25) is 4.79 Å². The Morgan fingerprint density at radius 1 is 1.19 bits per heavy atom. The van der Waals surface area contributed by atoms with Crippen molar-refractivity contribution in [2.75, 3.05) is 12.4 Å². The molecule has 27 heavy (non-hydrogen) atoms. The van der Waals surface area contributed by atoms with E-state index in [-0.39, 0.29) is 5.91 Å². The summed E-state index contributed by atoms with van der Waals surface area (Å²) in [6.45, 7) is 5.76. The van der Waals surface area contributed by atoms with Crippen LogP contribution in [0.25, 0.3) is 11.5 Å². The van der Waals surface area contributed by atoms with Gasteiger partial charge in [0.1, 0.15) is 5.75 Å². The number of hydrogen-bond donors (Lipinski definition) is 1. The zero-order valence-electron chi connectivity index (χ0n) is 15.6. The quantitative estimate of drug-likeness (QED) is 0.632. The topological polar surface area (TPSA) is 77.2 Å². The van der Waals surface area contributed by atoms with Gasteiger partial charge in [-0.05, 0) is 50.1 Å². The third-order valence-electron chi connectivity index (χ3n) is 4.04. The summed E-state index contributed by atoms with van der Waals surface area (Å²) in [5.41, 5.74) is 3.64. The normalized spacial score (nSPS) is 11.9. The van der Waals surface area contributed by atoms with Crippen molar-refractivity contribution in [3.8, 4) is 17.2 Å². The van der Waals surface area contributed by atoms with E-state index < -0.39 is 5.25 Å². The molecule has 0 spiro atoms. The molecule has 0 saturated carbocycles. The lowest BCUT2D eigenvalue weighted by Gasteiger charge is -2.12. The van der Waals surface area contributed by atoms with E-state index in [2.05, 4.69) is 15.5 Å². The summed E-state index contributed by atoms with van der Waals surface area (Å²) in [6, 6.07) is 13.4. The first kappa shape index (κ1) is 19.0. The summed E-state index contributed by atoms with van der Waals surface area (Å²) in [5.74, 6) is 0.890. The number of ether oxygens (including phenoxy) is 1. The summed E-state index contributed by atoms with van der Waals surface area (Å²) < 4.78 is 11.0. The third-order valence-corrected chi connectivity index (χ3v) is 4.98. The molecule has 1 amide bonds. The van der Waals surface area contributed by atoms with E-state index in [1.807, 2.05) is 56.3 Å². The number of methoxy groups -OCH3 is 1.